The minimum atomic E-state index is -0.480. The first kappa shape index (κ1) is 17.9. The lowest BCUT2D eigenvalue weighted by atomic mass is 9.87. The fourth-order valence-electron chi connectivity index (χ4n) is 1.56. The van der Waals surface area contributed by atoms with E-state index in [1.165, 1.54) is 7.11 Å². The Balaban J connectivity index is 3.55. The molecule has 112 valence electrons. The molecular formula is C14H28N2O3. The summed E-state index contributed by atoms with van der Waals surface area (Å²) in [6.45, 7) is 6.49. The van der Waals surface area contributed by atoms with Gasteiger partial charge in [0.05, 0.1) is 13.2 Å². The lowest BCUT2D eigenvalue weighted by Crippen LogP contribution is -2.48. The van der Waals surface area contributed by atoms with Gasteiger partial charge in [0.25, 0.3) is 0 Å². The Morgan fingerprint density at radius 1 is 1.16 bits per heavy atom. The molecule has 0 fully saturated rings. The SMILES string of the molecule is COC(=O)CCCCCCNC(=O)[C@@H](N)C(C)(C)C. The van der Waals surface area contributed by atoms with Crippen LogP contribution in [-0.4, -0.2) is 31.6 Å². The summed E-state index contributed by atoms with van der Waals surface area (Å²) in [5.74, 6) is -0.258. The van der Waals surface area contributed by atoms with Gasteiger partial charge in [-0.1, -0.05) is 33.6 Å². The third kappa shape index (κ3) is 8.59. The van der Waals surface area contributed by atoms with E-state index in [1.807, 2.05) is 20.8 Å². The zero-order valence-corrected chi connectivity index (χ0v) is 12.6. The van der Waals surface area contributed by atoms with Gasteiger partial charge in [0.1, 0.15) is 0 Å². The maximum Gasteiger partial charge on any atom is 0.305 e. The molecule has 3 N–H and O–H groups in total. The molecule has 0 bridgehead atoms. The molecule has 0 aromatic carbocycles. The van der Waals surface area contributed by atoms with Crippen LogP contribution < -0.4 is 11.1 Å². The Morgan fingerprint density at radius 3 is 2.26 bits per heavy atom. The summed E-state index contributed by atoms with van der Waals surface area (Å²) in [5, 5.41) is 2.84. The zero-order valence-electron chi connectivity index (χ0n) is 12.6. The van der Waals surface area contributed by atoms with E-state index >= 15 is 0 Å². The first-order chi connectivity index (χ1) is 8.79. The molecule has 0 radical (unpaired) electrons. The van der Waals surface area contributed by atoms with Crippen molar-refractivity contribution in [3.8, 4) is 0 Å². The highest BCUT2D eigenvalue weighted by molar-refractivity contribution is 5.82. The quantitative estimate of drug-likeness (QED) is 0.519. The minimum absolute atomic E-state index is 0.0953. The Bertz CT molecular complexity index is 285. The van der Waals surface area contributed by atoms with E-state index in [0.29, 0.717) is 13.0 Å². The second-order valence-electron chi connectivity index (χ2n) is 5.88. The van der Waals surface area contributed by atoms with Crippen LogP contribution in [0, 0.1) is 5.41 Å². The van der Waals surface area contributed by atoms with E-state index in [2.05, 4.69) is 10.1 Å². The second-order valence-corrected chi connectivity index (χ2v) is 5.88. The van der Waals surface area contributed by atoms with Crippen LogP contribution in [-0.2, 0) is 14.3 Å². The lowest BCUT2D eigenvalue weighted by Gasteiger charge is -2.25. The molecule has 0 aromatic rings. The smallest absolute Gasteiger partial charge is 0.305 e. The van der Waals surface area contributed by atoms with Crippen LogP contribution >= 0.6 is 0 Å². The largest absolute Gasteiger partial charge is 0.469 e. The molecule has 0 unspecified atom stereocenters. The van der Waals surface area contributed by atoms with E-state index in [1.54, 1.807) is 0 Å². The summed E-state index contributed by atoms with van der Waals surface area (Å²) in [6.07, 6.45) is 4.17. The minimum Gasteiger partial charge on any atom is -0.469 e. The van der Waals surface area contributed by atoms with Crippen LogP contribution in [0.25, 0.3) is 0 Å². The monoisotopic (exact) mass is 272 g/mol. The van der Waals surface area contributed by atoms with Crippen LogP contribution in [0.2, 0.25) is 0 Å². The number of hydrogen-bond acceptors (Lipinski definition) is 4. The molecule has 0 aliphatic carbocycles. The number of unbranched alkanes of at least 4 members (excludes halogenated alkanes) is 3. The number of nitrogens with one attached hydrogen (secondary N) is 1. The molecule has 0 spiro atoms. The number of carbonyl (C=O) groups excluding carboxylic acids is 2. The number of methoxy groups -OCH3 is 1. The summed E-state index contributed by atoms with van der Waals surface area (Å²) in [7, 11) is 1.40. The summed E-state index contributed by atoms with van der Waals surface area (Å²) < 4.78 is 4.56. The van der Waals surface area contributed by atoms with E-state index in [-0.39, 0.29) is 17.3 Å². The summed E-state index contributed by atoms with van der Waals surface area (Å²) >= 11 is 0. The molecule has 19 heavy (non-hydrogen) atoms. The number of esters is 1. The van der Waals surface area contributed by atoms with Gasteiger partial charge < -0.3 is 15.8 Å². The van der Waals surface area contributed by atoms with Gasteiger partial charge in [-0.2, -0.15) is 0 Å². The van der Waals surface area contributed by atoms with Gasteiger partial charge in [-0.05, 0) is 18.3 Å². The van der Waals surface area contributed by atoms with Gasteiger partial charge >= 0.3 is 5.97 Å². The number of ether oxygens (including phenoxy) is 1. The highest BCUT2D eigenvalue weighted by Crippen LogP contribution is 2.17. The van der Waals surface area contributed by atoms with Gasteiger partial charge in [-0.25, -0.2) is 0 Å². The van der Waals surface area contributed by atoms with Gasteiger partial charge in [0, 0.05) is 13.0 Å². The van der Waals surface area contributed by atoms with Crippen molar-refractivity contribution in [1.29, 1.82) is 0 Å². The molecule has 1 atom stereocenters. The molecule has 0 saturated carbocycles. The number of hydrogen-bond donors (Lipinski definition) is 2. The zero-order chi connectivity index (χ0) is 14.9. The topological polar surface area (TPSA) is 81.4 Å². The lowest BCUT2D eigenvalue weighted by molar-refractivity contribution is -0.140. The summed E-state index contributed by atoms with van der Waals surface area (Å²) in [6, 6.07) is -0.480. The molecule has 0 heterocycles. The third-order valence-electron chi connectivity index (χ3n) is 3.05. The standard InChI is InChI=1S/C14H28N2O3/c1-14(2,3)12(15)13(18)16-10-8-6-5-7-9-11(17)19-4/h12H,5-10,15H2,1-4H3,(H,16,18)/t12-/m1/s1. The first-order valence-electron chi connectivity index (χ1n) is 6.89. The Hall–Kier alpha value is -1.10. The van der Waals surface area contributed by atoms with Gasteiger partial charge in [0.2, 0.25) is 5.91 Å². The molecule has 5 heteroatoms. The van der Waals surface area contributed by atoms with Crippen molar-refractivity contribution in [2.75, 3.05) is 13.7 Å². The Morgan fingerprint density at radius 2 is 1.74 bits per heavy atom. The number of nitrogens with two attached hydrogens (primary N) is 1. The molecular weight excluding hydrogens is 244 g/mol. The van der Waals surface area contributed by atoms with Crippen LogP contribution in [0.3, 0.4) is 0 Å². The van der Waals surface area contributed by atoms with E-state index in [0.717, 1.165) is 25.7 Å². The number of carbonyl (C=O) groups is 2. The molecule has 1 amide bonds. The van der Waals surface area contributed by atoms with Crippen molar-refractivity contribution in [3.05, 3.63) is 0 Å². The summed E-state index contributed by atoms with van der Waals surface area (Å²) in [5.41, 5.74) is 5.62. The van der Waals surface area contributed by atoms with Gasteiger partial charge in [0.15, 0.2) is 0 Å². The first-order valence-corrected chi connectivity index (χ1v) is 6.89. The van der Waals surface area contributed by atoms with Crippen molar-refractivity contribution < 1.29 is 14.3 Å². The van der Waals surface area contributed by atoms with Gasteiger partial charge in [-0.15, -0.1) is 0 Å². The van der Waals surface area contributed by atoms with Gasteiger partial charge in [-0.3, -0.25) is 9.59 Å². The fourth-order valence-corrected chi connectivity index (χ4v) is 1.56. The molecule has 0 aliphatic heterocycles. The van der Waals surface area contributed by atoms with E-state index < -0.39 is 6.04 Å². The molecule has 0 aromatic heterocycles. The second kappa shape index (κ2) is 8.91. The van der Waals surface area contributed by atoms with Crippen molar-refractivity contribution in [2.24, 2.45) is 11.1 Å². The number of amides is 1. The van der Waals surface area contributed by atoms with Crippen molar-refractivity contribution in [3.63, 3.8) is 0 Å². The molecule has 5 nitrogen and oxygen atoms in total. The van der Waals surface area contributed by atoms with Crippen molar-refractivity contribution >= 4 is 11.9 Å². The average Bonchev–Trinajstić information content (AvgIpc) is 2.34. The predicted molar refractivity (Wildman–Crippen MR) is 75.5 cm³/mol. The van der Waals surface area contributed by atoms with Crippen molar-refractivity contribution in [1.82, 2.24) is 5.32 Å². The van der Waals surface area contributed by atoms with Crippen LogP contribution in [0.5, 0.6) is 0 Å². The average molecular weight is 272 g/mol. The normalized spacial score (nSPS) is 12.9. The third-order valence-corrected chi connectivity index (χ3v) is 3.05. The van der Waals surface area contributed by atoms with Crippen LogP contribution in [0.4, 0.5) is 0 Å². The van der Waals surface area contributed by atoms with Crippen LogP contribution in [0.1, 0.15) is 52.9 Å². The van der Waals surface area contributed by atoms with Crippen LogP contribution in [0.15, 0.2) is 0 Å². The molecule has 0 aliphatic rings. The highest BCUT2D eigenvalue weighted by Gasteiger charge is 2.26. The number of rotatable bonds is 8. The Labute approximate surface area is 116 Å². The highest BCUT2D eigenvalue weighted by atomic mass is 16.5. The maximum absolute atomic E-state index is 11.7. The van der Waals surface area contributed by atoms with E-state index in [4.69, 9.17) is 5.73 Å². The fraction of sp³-hybridized carbons (Fsp3) is 0.857. The Kier molecular flexibility index (Phi) is 8.39. The maximum atomic E-state index is 11.7. The molecule has 0 rings (SSSR count). The van der Waals surface area contributed by atoms with E-state index in [9.17, 15) is 9.59 Å². The predicted octanol–water partition coefficient (Wildman–Crippen LogP) is 1.60. The van der Waals surface area contributed by atoms with Crippen molar-refractivity contribution in [2.45, 2.75) is 58.9 Å². The molecule has 0 saturated heterocycles. The summed E-state index contributed by atoms with van der Waals surface area (Å²) in [4.78, 5) is 22.6.